The third-order valence-corrected chi connectivity index (χ3v) is 3.07. The number of nitrogens with one attached hydrogen (secondary N) is 1. The fourth-order valence-corrected chi connectivity index (χ4v) is 1.97. The van der Waals surface area contributed by atoms with Crippen molar-refractivity contribution in [3.05, 3.63) is 64.2 Å². The Bertz CT molecular complexity index is 790. The number of nitro benzene ring substituents is 1. The Hall–Kier alpha value is -3.42. The van der Waals surface area contributed by atoms with Crippen LogP contribution in [0.3, 0.4) is 0 Å². The first-order chi connectivity index (χ1) is 12.0. The van der Waals surface area contributed by atoms with Gasteiger partial charge in [-0.1, -0.05) is 24.3 Å². The summed E-state index contributed by atoms with van der Waals surface area (Å²) in [5.41, 5.74) is 1.32. The molecule has 2 rings (SSSR count). The van der Waals surface area contributed by atoms with Crippen molar-refractivity contribution in [2.45, 2.75) is 6.92 Å². The summed E-state index contributed by atoms with van der Waals surface area (Å²) in [7, 11) is 0. The van der Waals surface area contributed by atoms with Gasteiger partial charge in [0.1, 0.15) is 0 Å². The van der Waals surface area contributed by atoms with Crippen LogP contribution >= 0.6 is 0 Å². The fourth-order valence-electron chi connectivity index (χ4n) is 1.97. The van der Waals surface area contributed by atoms with Crippen LogP contribution in [0.2, 0.25) is 0 Å². The maximum Gasteiger partial charge on any atom is 0.344 e. The van der Waals surface area contributed by atoms with Gasteiger partial charge in [0.25, 0.3) is 5.91 Å². The van der Waals surface area contributed by atoms with Crippen molar-refractivity contribution in [2.75, 3.05) is 18.5 Å². The van der Waals surface area contributed by atoms with Crippen LogP contribution in [0.4, 0.5) is 11.4 Å². The second-order valence-electron chi connectivity index (χ2n) is 5.09. The van der Waals surface area contributed by atoms with E-state index in [-0.39, 0.29) is 11.4 Å². The lowest BCUT2D eigenvalue weighted by Crippen LogP contribution is -2.23. The van der Waals surface area contributed by atoms with Crippen LogP contribution in [0.15, 0.2) is 48.5 Å². The molecule has 0 heterocycles. The fraction of sp³-hybridized carbons (Fsp3) is 0.176. The van der Waals surface area contributed by atoms with Gasteiger partial charge < -0.3 is 14.8 Å². The van der Waals surface area contributed by atoms with E-state index in [2.05, 4.69) is 5.32 Å². The molecule has 2 aromatic carbocycles. The van der Waals surface area contributed by atoms with Crippen LogP contribution in [-0.4, -0.2) is 30.0 Å². The molecule has 0 atom stereocenters. The molecular formula is C17H16N2O6. The van der Waals surface area contributed by atoms with Gasteiger partial charge in [-0.15, -0.1) is 0 Å². The van der Waals surface area contributed by atoms with Crippen LogP contribution in [0.1, 0.15) is 5.56 Å². The minimum Gasteiger partial charge on any atom is -0.475 e. The van der Waals surface area contributed by atoms with Crippen molar-refractivity contribution >= 4 is 23.3 Å². The zero-order valence-corrected chi connectivity index (χ0v) is 13.4. The molecule has 0 unspecified atom stereocenters. The van der Waals surface area contributed by atoms with Gasteiger partial charge in [0, 0.05) is 11.8 Å². The number of rotatable bonds is 7. The highest BCUT2D eigenvalue weighted by Crippen LogP contribution is 2.25. The predicted octanol–water partition coefficient (Wildman–Crippen LogP) is 2.46. The summed E-state index contributed by atoms with van der Waals surface area (Å²) in [5, 5.41) is 13.4. The number of para-hydroxylation sites is 2. The predicted molar refractivity (Wildman–Crippen MR) is 89.4 cm³/mol. The summed E-state index contributed by atoms with van der Waals surface area (Å²) in [4.78, 5) is 33.6. The number of amides is 1. The first kappa shape index (κ1) is 17.9. The number of esters is 1. The first-order valence-electron chi connectivity index (χ1n) is 7.34. The number of nitrogens with zero attached hydrogens (tertiary/aromatic N) is 1. The van der Waals surface area contributed by atoms with Crippen LogP contribution in [-0.2, 0) is 14.3 Å². The largest absolute Gasteiger partial charge is 0.475 e. The number of anilines is 1. The Kier molecular flexibility index (Phi) is 6.05. The van der Waals surface area contributed by atoms with Crippen molar-refractivity contribution in [3.8, 4) is 5.75 Å². The third-order valence-electron chi connectivity index (χ3n) is 3.07. The Morgan fingerprint density at radius 3 is 2.60 bits per heavy atom. The number of hydrogen-bond acceptors (Lipinski definition) is 6. The molecule has 25 heavy (non-hydrogen) atoms. The van der Waals surface area contributed by atoms with Crippen LogP contribution in [0, 0.1) is 17.0 Å². The molecule has 8 heteroatoms. The quantitative estimate of drug-likeness (QED) is 0.469. The molecule has 0 fully saturated rings. The van der Waals surface area contributed by atoms with Gasteiger partial charge in [0.15, 0.2) is 19.0 Å². The summed E-state index contributed by atoms with van der Waals surface area (Å²) < 4.78 is 9.86. The van der Waals surface area contributed by atoms with Crippen molar-refractivity contribution in [1.29, 1.82) is 0 Å². The molecule has 8 nitrogen and oxygen atoms in total. The normalized spacial score (nSPS) is 9.96. The number of nitro groups is 1. The lowest BCUT2D eigenvalue weighted by molar-refractivity contribution is -0.385. The lowest BCUT2D eigenvalue weighted by atomic mass is 10.2. The van der Waals surface area contributed by atoms with Gasteiger partial charge in [0.05, 0.1) is 4.92 Å². The van der Waals surface area contributed by atoms with E-state index >= 15 is 0 Å². The molecule has 0 aliphatic rings. The molecule has 0 saturated carbocycles. The molecule has 1 N–H and O–H groups in total. The maximum absolute atomic E-state index is 11.7. The van der Waals surface area contributed by atoms with Crippen molar-refractivity contribution < 1.29 is 24.0 Å². The molecule has 0 aliphatic heterocycles. The van der Waals surface area contributed by atoms with E-state index in [1.165, 1.54) is 18.2 Å². The highest BCUT2D eigenvalue weighted by atomic mass is 16.6. The second kappa shape index (κ2) is 8.44. The number of benzene rings is 2. The molecule has 0 bridgehead atoms. The average Bonchev–Trinajstić information content (AvgIpc) is 2.58. The standard InChI is InChI=1S/C17H16N2O6/c1-12-5-4-6-13(9-12)18-16(20)10-25-17(21)11-24-15-8-3-2-7-14(15)19(22)23/h2-9H,10-11H2,1H3,(H,18,20). The van der Waals surface area contributed by atoms with Crippen molar-refractivity contribution in [1.82, 2.24) is 0 Å². The highest BCUT2D eigenvalue weighted by molar-refractivity contribution is 5.92. The molecule has 130 valence electrons. The van der Waals surface area contributed by atoms with E-state index in [9.17, 15) is 19.7 Å². The number of ether oxygens (including phenoxy) is 2. The molecule has 0 spiro atoms. The van der Waals surface area contributed by atoms with Gasteiger partial charge in [-0.3, -0.25) is 14.9 Å². The molecule has 0 aliphatic carbocycles. The van der Waals surface area contributed by atoms with Crippen molar-refractivity contribution in [2.24, 2.45) is 0 Å². The van der Waals surface area contributed by atoms with Gasteiger partial charge >= 0.3 is 11.7 Å². The molecule has 0 saturated heterocycles. The Labute approximate surface area is 143 Å². The molecule has 0 radical (unpaired) electrons. The van der Waals surface area contributed by atoms with Gasteiger partial charge in [-0.2, -0.15) is 0 Å². The third kappa shape index (κ3) is 5.61. The molecular weight excluding hydrogens is 328 g/mol. The summed E-state index contributed by atoms with van der Waals surface area (Å²) in [6.07, 6.45) is 0. The maximum atomic E-state index is 11.7. The molecule has 0 aromatic heterocycles. The van der Waals surface area contributed by atoms with Crippen molar-refractivity contribution in [3.63, 3.8) is 0 Å². The minimum absolute atomic E-state index is 0.0475. The van der Waals surface area contributed by atoms with Crippen LogP contribution < -0.4 is 10.1 Å². The van der Waals surface area contributed by atoms with E-state index in [1.807, 2.05) is 13.0 Å². The number of carbonyl (C=O) groups is 2. The van der Waals surface area contributed by atoms with Gasteiger partial charge in [-0.05, 0) is 30.7 Å². The van der Waals surface area contributed by atoms with Gasteiger partial charge in [-0.25, -0.2) is 4.79 Å². The Morgan fingerprint density at radius 1 is 1.12 bits per heavy atom. The summed E-state index contributed by atoms with van der Waals surface area (Å²) >= 11 is 0. The van der Waals surface area contributed by atoms with Crippen LogP contribution in [0.5, 0.6) is 5.75 Å². The lowest BCUT2D eigenvalue weighted by Gasteiger charge is -2.08. The summed E-state index contributed by atoms with van der Waals surface area (Å²) in [6.45, 7) is 0.866. The SMILES string of the molecule is Cc1cccc(NC(=O)COC(=O)COc2ccccc2[N+](=O)[O-])c1. The molecule has 1 amide bonds. The second-order valence-corrected chi connectivity index (χ2v) is 5.09. The average molecular weight is 344 g/mol. The number of hydrogen-bond donors (Lipinski definition) is 1. The first-order valence-corrected chi connectivity index (χ1v) is 7.34. The number of carbonyl (C=O) groups excluding carboxylic acids is 2. The monoisotopic (exact) mass is 344 g/mol. The highest BCUT2D eigenvalue weighted by Gasteiger charge is 2.16. The van der Waals surface area contributed by atoms with E-state index in [4.69, 9.17) is 9.47 Å². The summed E-state index contributed by atoms with van der Waals surface area (Å²) in [6, 6.07) is 12.8. The van der Waals surface area contributed by atoms with Gasteiger partial charge in [0.2, 0.25) is 0 Å². The zero-order chi connectivity index (χ0) is 18.2. The van der Waals surface area contributed by atoms with E-state index < -0.39 is 30.0 Å². The zero-order valence-electron chi connectivity index (χ0n) is 13.4. The summed E-state index contributed by atoms with van der Waals surface area (Å²) in [5.74, 6) is -1.35. The molecule has 2 aromatic rings. The topological polar surface area (TPSA) is 108 Å². The van der Waals surface area contributed by atoms with E-state index in [0.717, 1.165) is 5.56 Å². The number of aryl methyl sites for hydroxylation is 1. The smallest absolute Gasteiger partial charge is 0.344 e. The van der Waals surface area contributed by atoms with E-state index in [0.29, 0.717) is 5.69 Å². The van der Waals surface area contributed by atoms with E-state index in [1.54, 1.807) is 24.3 Å². The van der Waals surface area contributed by atoms with Crippen LogP contribution in [0.25, 0.3) is 0 Å². The Balaban J connectivity index is 1.79. The Morgan fingerprint density at radius 2 is 1.88 bits per heavy atom. The minimum atomic E-state index is -0.808.